The molecule has 11 nitrogen and oxygen atoms in total. The normalized spacial score (nSPS) is 11.3. The Balaban J connectivity index is 1.15. The molecule has 5 heterocycles. The van der Waals surface area contributed by atoms with Crippen LogP contribution >= 0.6 is 0 Å². The summed E-state index contributed by atoms with van der Waals surface area (Å²) in [6.07, 6.45) is 0. The summed E-state index contributed by atoms with van der Waals surface area (Å²) < 4.78 is 8.87. The number of hydrogen-bond donors (Lipinski definition) is 0. The minimum atomic E-state index is 0.429. The average molecular weight is 1190 g/mol. The molecule has 0 spiro atoms. The molecule has 11 heteroatoms. The summed E-state index contributed by atoms with van der Waals surface area (Å²) in [5.41, 5.74) is 17.8. The number of nitrogens with zero attached hydrogens (tertiary/aromatic N) is 11. The van der Waals surface area contributed by atoms with E-state index in [4.69, 9.17) is 4.98 Å². The van der Waals surface area contributed by atoms with Crippen molar-refractivity contribution in [3.8, 4) is 104 Å². The Kier molecular flexibility index (Phi) is 12.3. The van der Waals surface area contributed by atoms with Crippen molar-refractivity contribution < 1.29 is 0 Å². The summed E-state index contributed by atoms with van der Waals surface area (Å²) in [6, 6.07) is 101. The van der Waals surface area contributed by atoms with Crippen LogP contribution in [0.5, 0.6) is 0 Å². The SMILES string of the molecule is N#Cc1ccc2c(c1)c1cc(C#N)ccc1n2-c1nc(-c2ccc(-n3c4ccccc4c4ccccc43)cc2)c(-n2c3ccc(C#N)cc3c3cc(C#N)ccc32)c(-c2cc(-c3ccccc3)cc(-c3ccccc3)c2)c1-n1c2ccc(C#N)cc2c2cc(C#N)ccc21. The van der Waals surface area contributed by atoms with Gasteiger partial charge >= 0.3 is 0 Å². The van der Waals surface area contributed by atoms with E-state index in [-0.39, 0.29) is 0 Å². The quantitative estimate of drug-likeness (QED) is 0.145. The first-order valence-corrected chi connectivity index (χ1v) is 30.4. The van der Waals surface area contributed by atoms with Gasteiger partial charge < -0.3 is 13.7 Å². The van der Waals surface area contributed by atoms with Crippen LogP contribution in [-0.4, -0.2) is 23.3 Å². The Bertz CT molecular complexity index is 6090. The smallest absolute Gasteiger partial charge is 0.163 e. The van der Waals surface area contributed by atoms with E-state index in [9.17, 15) is 31.6 Å². The van der Waals surface area contributed by atoms with Crippen molar-refractivity contribution in [1.82, 2.24) is 23.3 Å². The third-order valence-electron chi connectivity index (χ3n) is 18.3. The zero-order valence-electron chi connectivity index (χ0n) is 49.7. The van der Waals surface area contributed by atoms with Gasteiger partial charge in [0.1, 0.15) is 0 Å². The number of hydrogen-bond acceptors (Lipinski definition) is 7. The van der Waals surface area contributed by atoms with Gasteiger partial charge in [-0.25, -0.2) is 4.98 Å². The standard InChI is InChI=1S/C83H43N11/c84-44-50-19-29-73-65(35-50)66-36-51(45-85)20-30-74(66)92(73)81-79(61-42-59(56-11-3-1-4-12-56)41-60(43-61)57-13-5-2-6-14-57)82(93-75-31-21-52(46-86)37-67(75)68-38-53(47-87)22-32-76(68)93)83(94-77-33-23-54(48-88)39-69(77)70-40-55(49-89)24-34-78(70)94)90-80(81)58-25-27-62(28-26-58)91-71-17-9-7-15-63(71)64-16-8-10-18-72(64)91/h1-43H. The number of benzene rings is 12. The summed E-state index contributed by atoms with van der Waals surface area (Å²) >= 11 is 0. The van der Waals surface area contributed by atoms with Crippen LogP contribution in [0.1, 0.15) is 33.4 Å². The zero-order chi connectivity index (χ0) is 63.3. The highest BCUT2D eigenvalue weighted by Crippen LogP contribution is 2.51. The first-order valence-electron chi connectivity index (χ1n) is 30.4. The van der Waals surface area contributed by atoms with Gasteiger partial charge in [0.05, 0.1) is 131 Å². The fraction of sp³-hybridized carbons (Fsp3) is 0. The first kappa shape index (κ1) is 54.1. The van der Waals surface area contributed by atoms with Gasteiger partial charge in [0.15, 0.2) is 5.82 Å². The van der Waals surface area contributed by atoms with Crippen LogP contribution in [0.2, 0.25) is 0 Å². The number of fused-ring (bicyclic) bond motifs is 12. The van der Waals surface area contributed by atoms with Gasteiger partial charge in [-0.2, -0.15) is 31.6 Å². The average Bonchev–Trinajstić information content (AvgIpc) is 1.46. The lowest BCUT2D eigenvalue weighted by Crippen LogP contribution is -2.13. The molecule has 0 unspecified atom stereocenters. The summed E-state index contributed by atoms with van der Waals surface area (Å²) in [6.45, 7) is 0. The molecule has 0 aliphatic rings. The maximum absolute atomic E-state index is 10.7. The molecule has 0 saturated heterocycles. The third-order valence-corrected chi connectivity index (χ3v) is 18.3. The second-order valence-corrected chi connectivity index (χ2v) is 23.4. The molecule has 0 saturated carbocycles. The highest BCUT2D eigenvalue weighted by Gasteiger charge is 2.33. The molecular weight excluding hydrogens is 1150 g/mol. The van der Waals surface area contributed by atoms with E-state index in [1.807, 2.05) is 133 Å². The minimum absolute atomic E-state index is 0.429. The van der Waals surface area contributed by atoms with Crippen molar-refractivity contribution in [3.05, 3.63) is 294 Å². The fourth-order valence-electron chi connectivity index (χ4n) is 14.1. The lowest BCUT2D eigenvalue weighted by Gasteiger charge is -2.27. The van der Waals surface area contributed by atoms with Gasteiger partial charge in [-0.1, -0.05) is 109 Å². The minimum Gasteiger partial charge on any atom is -0.309 e. The summed E-state index contributed by atoms with van der Waals surface area (Å²) in [7, 11) is 0. The lowest BCUT2D eigenvalue weighted by atomic mass is 9.90. The second-order valence-electron chi connectivity index (χ2n) is 23.4. The van der Waals surface area contributed by atoms with E-state index >= 15 is 0 Å². The topological polar surface area (TPSA) is 175 Å². The Labute approximate surface area is 537 Å². The van der Waals surface area contributed by atoms with Gasteiger partial charge in [0.2, 0.25) is 0 Å². The van der Waals surface area contributed by atoms with E-state index in [1.54, 1.807) is 12.1 Å². The second kappa shape index (κ2) is 21.3. The van der Waals surface area contributed by atoms with Gasteiger partial charge in [0, 0.05) is 59.9 Å². The van der Waals surface area contributed by atoms with Gasteiger partial charge in [-0.05, 0) is 179 Å². The molecule has 5 aromatic heterocycles. The van der Waals surface area contributed by atoms with Crippen LogP contribution in [0.15, 0.2) is 261 Å². The Morgan fingerprint density at radius 1 is 0.234 bits per heavy atom. The maximum Gasteiger partial charge on any atom is 0.163 e. The van der Waals surface area contributed by atoms with Crippen molar-refractivity contribution in [3.63, 3.8) is 0 Å². The monoisotopic (exact) mass is 1190 g/mol. The molecule has 430 valence electrons. The number of para-hydroxylation sites is 2. The Morgan fingerprint density at radius 3 is 0.926 bits per heavy atom. The van der Waals surface area contributed by atoms with Gasteiger partial charge in [0.25, 0.3) is 0 Å². The van der Waals surface area contributed by atoms with Crippen molar-refractivity contribution in [1.29, 1.82) is 31.6 Å². The first-order chi connectivity index (χ1) is 46.3. The van der Waals surface area contributed by atoms with Crippen molar-refractivity contribution in [2.45, 2.75) is 0 Å². The summed E-state index contributed by atoms with van der Waals surface area (Å²) in [4.78, 5) is 6.26. The van der Waals surface area contributed by atoms with Crippen LogP contribution in [0.25, 0.3) is 155 Å². The molecule has 0 amide bonds. The number of rotatable bonds is 8. The lowest BCUT2D eigenvalue weighted by molar-refractivity contribution is 1.01. The van der Waals surface area contributed by atoms with Crippen molar-refractivity contribution in [2.24, 2.45) is 0 Å². The highest BCUT2D eigenvalue weighted by atomic mass is 15.1. The van der Waals surface area contributed by atoms with E-state index in [0.717, 1.165) is 104 Å². The molecule has 0 N–H and O–H groups in total. The number of aromatic nitrogens is 5. The van der Waals surface area contributed by atoms with Crippen LogP contribution < -0.4 is 0 Å². The van der Waals surface area contributed by atoms with Crippen LogP contribution in [-0.2, 0) is 0 Å². The zero-order valence-corrected chi connectivity index (χ0v) is 49.7. The molecule has 17 aromatic rings. The molecule has 0 radical (unpaired) electrons. The molecule has 0 fully saturated rings. The van der Waals surface area contributed by atoms with E-state index in [2.05, 4.69) is 170 Å². The van der Waals surface area contributed by atoms with E-state index < -0.39 is 0 Å². The predicted octanol–water partition coefficient (Wildman–Crippen LogP) is 19.4. The Hall–Kier alpha value is -14.1. The maximum atomic E-state index is 10.7. The van der Waals surface area contributed by atoms with Crippen molar-refractivity contribution >= 4 is 87.2 Å². The van der Waals surface area contributed by atoms with Crippen LogP contribution in [0, 0.1) is 68.0 Å². The Morgan fingerprint density at radius 2 is 0.553 bits per heavy atom. The van der Waals surface area contributed by atoms with Crippen LogP contribution in [0.3, 0.4) is 0 Å². The molecule has 0 atom stereocenters. The van der Waals surface area contributed by atoms with Crippen LogP contribution in [0.4, 0.5) is 0 Å². The van der Waals surface area contributed by atoms with Crippen molar-refractivity contribution in [2.75, 3.05) is 0 Å². The van der Waals surface area contributed by atoms with E-state index in [1.165, 1.54) is 0 Å². The number of nitriles is 6. The number of pyridine rings is 1. The van der Waals surface area contributed by atoms with Gasteiger partial charge in [-0.3, -0.25) is 4.57 Å². The molecule has 0 aliphatic heterocycles. The summed E-state index contributed by atoms with van der Waals surface area (Å²) in [5.74, 6) is 0.466. The molecular formula is C83H43N11. The molecule has 0 aliphatic carbocycles. The van der Waals surface area contributed by atoms with Gasteiger partial charge in [-0.15, -0.1) is 0 Å². The molecule has 12 aromatic carbocycles. The third kappa shape index (κ3) is 8.29. The largest absolute Gasteiger partial charge is 0.309 e. The highest BCUT2D eigenvalue weighted by molar-refractivity contribution is 6.16. The molecule has 94 heavy (non-hydrogen) atoms. The molecule has 17 rings (SSSR count). The van der Waals surface area contributed by atoms with E-state index in [0.29, 0.717) is 83.9 Å². The predicted molar refractivity (Wildman–Crippen MR) is 372 cm³/mol. The fourth-order valence-corrected chi connectivity index (χ4v) is 14.1. The molecule has 0 bridgehead atoms. The summed E-state index contributed by atoms with van der Waals surface area (Å²) in [5, 5.41) is 70.4.